The number of hydrogen-bond acceptors (Lipinski definition) is 2. The minimum absolute atomic E-state index is 0.853. The average molecular weight is 349 g/mol. The minimum atomic E-state index is 0.853. The van der Waals surface area contributed by atoms with E-state index in [2.05, 4.69) is 63.7 Å². The lowest BCUT2D eigenvalue weighted by Crippen LogP contribution is -2.44. The second-order valence-corrected chi connectivity index (χ2v) is 6.37. The first-order chi connectivity index (χ1) is 12.8. The van der Waals surface area contributed by atoms with E-state index in [1.165, 1.54) is 16.7 Å². The Morgan fingerprint density at radius 3 is 2.69 bits per heavy atom. The highest BCUT2D eigenvalue weighted by Gasteiger charge is 2.15. The molecule has 2 aromatic rings. The first-order valence-electron chi connectivity index (χ1n) is 9.13. The number of nitrogens with zero attached hydrogens (tertiary/aromatic N) is 2. The van der Waals surface area contributed by atoms with E-state index in [1.807, 2.05) is 19.2 Å². The van der Waals surface area contributed by atoms with Crippen LogP contribution in [0.5, 0.6) is 5.75 Å². The summed E-state index contributed by atoms with van der Waals surface area (Å²) >= 11 is 0. The molecular weight excluding hydrogens is 322 g/mol. The lowest BCUT2D eigenvalue weighted by molar-refractivity contribution is 0.414. The smallest absolute Gasteiger partial charge is 0.193 e. The number of benzene rings is 2. The second kappa shape index (κ2) is 9.09. The maximum absolute atomic E-state index is 5.29. The predicted molar refractivity (Wildman–Crippen MR) is 109 cm³/mol. The molecule has 2 aromatic carbocycles. The molecule has 4 heteroatoms. The molecule has 0 spiro atoms. The highest BCUT2D eigenvalue weighted by atomic mass is 16.5. The zero-order valence-electron chi connectivity index (χ0n) is 15.6. The Labute approximate surface area is 156 Å². The van der Waals surface area contributed by atoms with E-state index in [-0.39, 0.29) is 0 Å². The molecule has 136 valence electrons. The predicted octanol–water partition coefficient (Wildman–Crippen LogP) is 3.60. The highest BCUT2D eigenvalue weighted by Crippen LogP contribution is 2.22. The van der Waals surface area contributed by atoms with Crippen LogP contribution in [0.3, 0.4) is 0 Å². The van der Waals surface area contributed by atoms with Crippen LogP contribution in [0.25, 0.3) is 5.57 Å². The van der Waals surface area contributed by atoms with Gasteiger partial charge in [-0.1, -0.05) is 48.5 Å². The largest absolute Gasteiger partial charge is 0.497 e. The van der Waals surface area contributed by atoms with Gasteiger partial charge in [0.15, 0.2) is 5.96 Å². The summed E-state index contributed by atoms with van der Waals surface area (Å²) in [5, 5.41) is 3.49. The highest BCUT2D eigenvalue weighted by molar-refractivity contribution is 5.81. The van der Waals surface area contributed by atoms with Gasteiger partial charge in [-0.15, -0.1) is 0 Å². The third kappa shape index (κ3) is 4.66. The van der Waals surface area contributed by atoms with Gasteiger partial charge < -0.3 is 15.0 Å². The van der Waals surface area contributed by atoms with Crippen molar-refractivity contribution in [2.24, 2.45) is 4.99 Å². The van der Waals surface area contributed by atoms with Crippen LogP contribution in [0.4, 0.5) is 0 Å². The van der Waals surface area contributed by atoms with Crippen LogP contribution < -0.4 is 10.1 Å². The van der Waals surface area contributed by atoms with Crippen molar-refractivity contribution in [1.29, 1.82) is 0 Å². The average Bonchev–Trinajstić information content (AvgIpc) is 2.72. The summed E-state index contributed by atoms with van der Waals surface area (Å²) in [5.41, 5.74) is 4.01. The Kier molecular flexibility index (Phi) is 6.31. The van der Waals surface area contributed by atoms with E-state index < -0.39 is 0 Å². The fourth-order valence-electron chi connectivity index (χ4n) is 3.25. The molecule has 0 radical (unpaired) electrons. The molecule has 0 bridgehead atoms. The van der Waals surface area contributed by atoms with Gasteiger partial charge in [-0.3, -0.25) is 4.99 Å². The van der Waals surface area contributed by atoms with Crippen molar-refractivity contribution in [1.82, 2.24) is 10.2 Å². The first kappa shape index (κ1) is 18.1. The number of aliphatic imine (C=N–C) groups is 1. The van der Waals surface area contributed by atoms with Crippen LogP contribution in [0.15, 0.2) is 65.7 Å². The zero-order chi connectivity index (χ0) is 18.2. The van der Waals surface area contributed by atoms with Crippen molar-refractivity contribution in [3.05, 3.63) is 71.8 Å². The topological polar surface area (TPSA) is 36.9 Å². The van der Waals surface area contributed by atoms with E-state index in [0.717, 1.165) is 44.2 Å². The maximum atomic E-state index is 5.29. The Bertz CT molecular complexity index is 768. The molecule has 0 saturated carbocycles. The number of methoxy groups -OCH3 is 1. The van der Waals surface area contributed by atoms with Crippen molar-refractivity contribution in [3.8, 4) is 5.75 Å². The molecular formula is C22H27N3O. The van der Waals surface area contributed by atoms with Gasteiger partial charge in [0.05, 0.1) is 7.11 Å². The van der Waals surface area contributed by atoms with E-state index in [9.17, 15) is 0 Å². The van der Waals surface area contributed by atoms with Crippen molar-refractivity contribution in [2.75, 3.05) is 33.8 Å². The van der Waals surface area contributed by atoms with E-state index >= 15 is 0 Å². The summed E-state index contributed by atoms with van der Waals surface area (Å²) in [6.07, 6.45) is 4.30. The fourth-order valence-corrected chi connectivity index (χ4v) is 3.25. The SMILES string of the molecule is CN=C(NCCc1cccc(OC)c1)N1CC=C(c2ccccc2)CC1. The quantitative estimate of drug-likeness (QED) is 0.662. The summed E-state index contributed by atoms with van der Waals surface area (Å²) in [6, 6.07) is 18.8. The monoisotopic (exact) mass is 349 g/mol. The third-order valence-corrected chi connectivity index (χ3v) is 4.70. The van der Waals surface area contributed by atoms with E-state index in [0.29, 0.717) is 0 Å². The van der Waals surface area contributed by atoms with Gasteiger partial charge in [0, 0.05) is 26.7 Å². The molecule has 0 atom stereocenters. The van der Waals surface area contributed by atoms with Crippen molar-refractivity contribution in [2.45, 2.75) is 12.8 Å². The molecule has 0 aromatic heterocycles. The second-order valence-electron chi connectivity index (χ2n) is 6.37. The van der Waals surface area contributed by atoms with E-state index in [4.69, 9.17) is 4.74 Å². The zero-order valence-corrected chi connectivity index (χ0v) is 15.6. The number of nitrogens with one attached hydrogen (secondary N) is 1. The molecule has 1 aliphatic rings. The summed E-state index contributed by atoms with van der Waals surface area (Å²) in [6.45, 7) is 2.73. The van der Waals surface area contributed by atoms with Crippen LogP contribution in [-0.4, -0.2) is 44.7 Å². The van der Waals surface area contributed by atoms with Gasteiger partial charge in [0.25, 0.3) is 0 Å². The normalized spacial score (nSPS) is 14.8. The molecule has 1 heterocycles. The molecule has 0 amide bonds. The summed E-state index contributed by atoms with van der Waals surface area (Å²) in [7, 11) is 3.55. The van der Waals surface area contributed by atoms with Crippen molar-refractivity contribution in [3.63, 3.8) is 0 Å². The van der Waals surface area contributed by atoms with E-state index in [1.54, 1.807) is 7.11 Å². The number of rotatable bonds is 5. The standard InChI is InChI=1S/C22H27N3O/c1-23-22(24-14-11-18-7-6-10-21(17-18)26-2)25-15-12-20(13-16-25)19-8-4-3-5-9-19/h3-10,12,17H,11,13-16H2,1-2H3,(H,23,24). The lowest BCUT2D eigenvalue weighted by atomic mass is 10.00. The molecule has 3 rings (SSSR count). The molecule has 0 fully saturated rings. The number of ether oxygens (including phenoxy) is 1. The number of hydrogen-bond donors (Lipinski definition) is 1. The van der Waals surface area contributed by atoms with Crippen LogP contribution in [0.1, 0.15) is 17.5 Å². The Hall–Kier alpha value is -2.75. The number of guanidine groups is 1. The summed E-state index contributed by atoms with van der Waals surface area (Å²) in [5.74, 6) is 1.87. The van der Waals surface area contributed by atoms with Crippen LogP contribution in [0.2, 0.25) is 0 Å². The Morgan fingerprint density at radius 1 is 1.15 bits per heavy atom. The van der Waals surface area contributed by atoms with Gasteiger partial charge in [0.1, 0.15) is 5.75 Å². The fraction of sp³-hybridized carbons (Fsp3) is 0.318. The van der Waals surface area contributed by atoms with Crippen molar-refractivity contribution >= 4 is 11.5 Å². The summed E-state index contributed by atoms with van der Waals surface area (Å²) in [4.78, 5) is 6.76. The van der Waals surface area contributed by atoms with Gasteiger partial charge in [0.2, 0.25) is 0 Å². The van der Waals surface area contributed by atoms with Gasteiger partial charge in [-0.05, 0) is 41.7 Å². The van der Waals surface area contributed by atoms with Crippen LogP contribution >= 0.6 is 0 Å². The molecule has 1 aliphatic heterocycles. The molecule has 4 nitrogen and oxygen atoms in total. The maximum Gasteiger partial charge on any atom is 0.193 e. The van der Waals surface area contributed by atoms with Gasteiger partial charge >= 0.3 is 0 Å². The Balaban J connectivity index is 1.53. The van der Waals surface area contributed by atoms with Crippen molar-refractivity contribution < 1.29 is 4.74 Å². The lowest BCUT2D eigenvalue weighted by Gasteiger charge is -2.29. The summed E-state index contributed by atoms with van der Waals surface area (Å²) < 4.78 is 5.29. The first-order valence-corrected chi connectivity index (χ1v) is 9.13. The molecule has 26 heavy (non-hydrogen) atoms. The molecule has 1 N–H and O–H groups in total. The Morgan fingerprint density at radius 2 is 2.00 bits per heavy atom. The van der Waals surface area contributed by atoms with Gasteiger partial charge in [-0.2, -0.15) is 0 Å². The molecule has 0 aliphatic carbocycles. The minimum Gasteiger partial charge on any atom is -0.497 e. The van der Waals surface area contributed by atoms with Crippen LogP contribution in [0, 0.1) is 0 Å². The molecule has 0 unspecified atom stereocenters. The molecule has 0 saturated heterocycles. The van der Waals surface area contributed by atoms with Gasteiger partial charge in [-0.25, -0.2) is 0 Å². The third-order valence-electron chi connectivity index (χ3n) is 4.70. The van der Waals surface area contributed by atoms with Crippen LogP contribution in [-0.2, 0) is 6.42 Å².